The first-order chi connectivity index (χ1) is 20.8. The number of aryl methyl sites for hydroxylation is 1. The van der Waals surface area contributed by atoms with Gasteiger partial charge in [-0.1, -0.05) is 74.4 Å². The molecule has 0 radical (unpaired) electrons. The van der Waals surface area contributed by atoms with Crippen molar-refractivity contribution < 1.29 is 22.4 Å². The third-order valence-corrected chi connectivity index (χ3v) is 9.78. The van der Waals surface area contributed by atoms with Crippen LogP contribution in [0, 0.1) is 5.82 Å². The molecule has 4 rings (SSSR count). The van der Waals surface area contributed by atoms with Crippen molar-refractivity contribution in [2.45, 2.75) is 75.8 Å². The fourth-order valence-electron chi connectivity index (χ4n) is 5.35. The summed E-state index contributed by atoms with van der Waals surface area (Å²) >= 11 is 0. The average molecular weight is 608 g/mol. The second kappa shape index (κ2) is 15.8. The Morgan fingerprint density at radius 3 is 2.19 bits per heavy atom. The van der Waals surface area contributed by atoms with Gasteiger partial charge in [0.15, 0.2) is 0 Å². The van der Waals surface area contributed by atoms with Gasteiger partial charge in [0.1, 0.15) is 11.9 Å². The number of hydrogen-bond acceptors (Lipinski definition) is 4. The first-order valence-corrected chi connectivity index (χ1v) is 16.7. The van der Waals surface area contributed by atoms with Crippen LogP contribution >= 0.6 is 0 Å². The van der Waals surface area contributed by atoms with Crippen molar-refractivity contribution in [3.8, 4) is 0 Å². The van der Waals surface area contributed by atoms with Crippen LogP contribution in [-0.4, -0.2) is 55.1 Å². The molecule has 1 N–H and O–H groups in total. The Morgan fingerprint density at radius 1 is 0.884 bits per heavy atom. The summed E-state index contributed by atoms with van der Waals surface area (Å²) in [5.74, 6) is -0.791. The standard InChI is InChI=1S/C34H42FN3O4S/c1-2-3-7-22-36-34(40)32(25-28-10-5-4-6-11-28)38(26-29-12-17-30(35)18-13-29)33(39)21-16-27-14-19-31(20-15-27)43(41,42)37-23-8-9-24-37/h4-6,10-15,17-20,32H,2-3,7-9,16,21-26H2,1H3,(H,36,40). The molecular formula is C34H42FN3O4S. The molecular weight excluding hydrogens is 565 g/mol. The van der Waals surface area contributed by atoms with Gasteiger partial charge in [0, 0.05) is 39.0 Å². The third kappa shape index (κ3) is 9.21. The lowest BCUT2D eigenvalue weighted by Gasteiger charge is -2.31. The molecule has 0 bridgehead atoms. The minimum atomic E-state index is -3.51. The van der Waals surface area contributed by atoms with Gasteiger partial charge in [0.25, 0.3) is 0 Å². The number of nitrogens with zero attached hydrogens (tertiary/aromatic N) is 2. The van der Waals surface area contributed by atoms with Crippen molar-refractivity contribution in [3.05, 3.63) is 101 Å². The van der Waals surface area contributed by atoms with E-state index in [0.717, 1.165) is 48.8 Å². The van der Waals surface area contributed by atoms with Crippen LogP contribution in [0.1, 0.15) is 62.1 Å². The van der Waals surface area contributed by atoms with Gasteiger partial charge in [-0.3, -0.25) is 9.59 Å². The Labute approximate surface area is 255 Å². The molecule has 43 heavy (non-hydrogen) atoms. The lowest BCUT2D eigenvalue weighted by molar-refractivity contribution is -0.141. The normalized spacial score (nSPS) is 14.4. The van der Waals surface area contributed by atoms with Gasteiger partial charge in [-0.15, -0.1) is 0 Å². The highest BCUT2D eigenvalue weighted by Gasteiger charge is 2.30. The molecule has 230 valence electrons. The summed E-state index contributed by atoms with van der Waals surface area (Å²) < 4.78 is 41.0. The van der Waals surface area contributed by atoms with E-state index in [9.17, 15) is 22.4 Å². The van der Waals surface area contributed by atoms with Crippen LogP contribution in [-0.2, 0) is 39.0 Å². The molecule has 7 nitrogen and oxygen atoms in total. The topological polar surface area (TPSA) is 86.8 Å². The van der Waals surface area contributed by atoms with E-state index >= 15 is 0 Å². The van der Waals surface area contributed by atoms with Gasteiger partial charge in [-0.25, -0.2) is 12.8 Å². The molecule has 0 spiro atoms. The molecule has 0 aromatic heterocycles. The summed E-state index contributed by atoms with van der Waals surface area (Å²) in [6, 6.07) is 21.5. The summed E-state index contributed by atoms with van der Waals surface area (Å²) in [7, 11) is -3.51. The molecule has 1 fully saturated rings. The Bertz CT molecular complexity index is 1420. The second-order valence-electron chi connectivity index (χ2n) is 11.1. The van der Waals surface area contributed by atoms with E-state index in [4.69, 9.17) is 0 Å². The van der Waals surface area contributed by atoms with Crippen molar-refractivity contribution in [1.82, 2.24) is 14.5 Å². The summed E-state index contributed by atoms with van der Waals surface area (Å²) in [5.41, 5.74) is 2.49. The zero-order chi connectivity index (χ0) is 30.7. The van der Waals surface area contributed by atoms with Crippen molar-refractivity contribution in [1.29, 1.82) is 0 Å². The minimum absolute atomic E-state index is 0.133. The number of carbonyl (C=O) groups is 2. The van der Waals surface area contributed by atoms with E-state index < -0.39 is 16.1 Å². The van der Waals surface area contributed by atoms with Crippen LogP contribution in [0.25, 0.3) is 0 Å². The molecule has 1 saturated heterocycles. The van der Waals surface area contributed by atoms with Gasteiger partial charge in [-0.05, 0) is 66.6 Å². The van der Waals surface area contributed by atoms with Crippen molar-refractivity contribution >= 4 is 21.8 Å². The molecule has 1 aliphatic rings. The van der Waals surface area contributed by atoms with Crippen LogP contribution in [0.5, 0.6) is 0 Å². The van der Waals surface area contributed by atoms with E-state index in [2.05, 4.69) is 12.2 Å². The van der Waals surface area contributed by atoms with E-state index in [1.54, 1.807) is 41.3 Å². The number of amides is 2. The average Bonchev–Trinajstić information content (AvgIpc) is 3.58. The summed E-state index contributed by atoms with van der Waals surface area (Å²) in [4.78, 5) is 29.3. The Balaban J connectivity index is 1.53. The number of sulfonamides is 1. The Hall–Kier alpha value is -3.56. The molecule has 1 atom stereocenters. The highest BCUT2D eigenvalue weighted by atomic mass is 32.2. The number of rotatable bonds is 15. The molecule has 3 aromatic carbocycles. The van der Waals surface area contributed by atoms with Crippen LogP contribution in [0.15, 0.2) is 83.8 Å². The van der Waals surface area contributed by atoms with Crippen molar-refractivity contribution in [2.24, 2.45) is 0 Å². The number of halogens is 1. The van der Waals surface area contributed by atoms with E-state index in [1.807, 2.05) is 30.3 Å². The summed E-state index contributed by atoms with van der Waals surface area (Å²) in [5, 5.41) is 3.03. The SMILES string of the molecule is CCCCCNC(=O)C(Cc1ccccc1)N(Cc1ccc(F)cc1)C(=O)CCc1ccc(S(=O)(=O)N2CCCC2)cc1. The Kier molecular flexibility index (Phi) is 11.9. The number of benzene rings is 3. The van der Waals surface area contributed by atoms with Gasteiger partial charge >= 0.3 is 0 Å². The lowest BCUT2D eigenvalue weighted by atomic mass is 10.0. The number of unbranched alkanes of at least 4 members (excludes halogenated alkanes) is 2. The van der Waals surface area contributed by atoms with Crippen LogP contribution in [0.4, 0.5) is 4.39 Å². The number of nitrogens with one attached hydrogen (secondary N) is 1. The first kappa shape index (κ1) is 32.4. The summed E-state index contributed by atoms with van der Waals surface area (Å²) in [6.45, 7) is 3.87. The lowest BCUT2D eigenvalue weighted by Crippen LogP contribution is -2.50. The monoisotopic (exact) mass is 607 g/mol. The molecule has 1 unspecified atom stereocenters. The van der Waals surface area contributed by atoms with Gasteiger partial charge < -0.3 is 10.2 Å². The highest BCUT2D eigenvalue weighted by Crippen LogP contribution is 2.22. The van der Waals surface area contributed by atoms with Crippen molar-refractivity contribution in [2.75, 3.05) is 19.6 Å². The molecule has 2 amide bonds. The maximum Gasteiger partial charge on any atom is 0.243 e. The zero-order valence-corrected chi connectivity index (χ0v) is 25.7. The van der Waals surface area contributed by atoms with Gasteiger partial charge in [0.2, 0.25) is 21.8 Å². The Morgan fingerprint density at radius 2 is 1.53 bits per heavy atom. The zero-order valence-electron chi connectivity index (χ0n) is 24.9. The predicted molar refractivity (Wildman–Crippen MR) is 166 cm³/mol. The maximum atomic E-state index is 13.9. The van der Waals surface area contributed by atoms with Gasteiger partial charge in [0.05, 0.1) is 4.90 Å². The van der Waals surface area contributed by atoms with E-state index in [1.165, 1.54) is 16.4 Å². The minimum Gasteiger partial charge on any atom is -0.354 e. The molecule has 9 heteroatoms. The smallest absolute Gasteiger partial charge is 0.243 e. The number of carbonyl (C=O) groups excluding carboxylic acids is 2. The van der Waals surface area contributed by atoms with Gasteiger partial charge in [-0.2, -0.15) is 4.31 Å². The fourth-order valence-corrected chi connectivity index (χ4v) is 6.86. The molecule has 0 aliphatic carbocycles. The van der Waals surface area contributed by atoms with Crippen LogP contribution < -0.4 is 5.32 Å². The second-order valence-corrected chi connectivity index (χ2v) is 13.0. The summed E-state index contributed by atoms with van der Waals surface area (Å²) in [6.07, 6.45) is 5.49. The molecule has 1 heterocycles. The molecule has 0 saturated carbocycles. The number of hydrogen-bond donors (Lipinski definition) is 1. The highest BCUT2D eigenvalue weighted by molar-refractivity contribution is 7.89. The largest absolute Gasteiger partial charge is 0.354 e. The molecule has 1 aliphatic heterocycles. The van der Waals surface area contributed by atoms with E-state index in [0.29, 0.717) is 32.5 Å². The quantitative estimate of drug-likeness (QED) is 0.232. The van der Waals surface area contributed by atoms with E-state index in [-0.39, 0.29) is 35.5 Å². The predicted octanol–water partition coefficient (Wildman–Crippen LogP) is 5.49. The fraction of sp³-hybridized carbons (Fsp3) is 0.412. The maximum absolute atomic E-state index is 13.9. The third-order valence-electron chi connectivity index (χ3n) is 7.87. The van der Waals surface area contributed by atoms with Crippen molar-refractivity contribution in [3.63, 3.8) is 0 Å². The first-order valence-electron chi connectivity index (χ1n) is 15.2. The van der Waals surface area contributed by atoms with Crippen LogP contribution in [0.2, 0.25) is 0 Å². The van der Waals surface area contributed by atoms with Crippen LogP contribution in [0.3, 0.4) is 0 Å². The molecule has 3 aromatic rings.